The standard InChI is InChI=1S/C83H142O16P2/c1-4-7-10-13-16-19-22-25-28-30-31-32-33-34-35-36-37-38-39-40-41-42-43-44-45-47-50-51-54-57-60-63-66-69-81(86)93-72-78(84)73-95-100(89,90)96-74-79(85)75-97-101(91,92)98-77-80(99-83(88)71-68-65-62-59-56-53-48-27-24-21-18-15-12-9-6-3)76-94-82(87)70-67-64-61-58-55-52-49-46-29-26-23-20-17-14-11-8-5-2/h7-12,16-21,25-29,31-32,34-35,48,78-80,84-85H,4-6,13-15,22-24,30,33,36-47,49-77H2,1-3H3,(H,89,90)(H,91,92)/b10-7-,11-8-,12-9-,19-16-,20-17-,21-18-,28-25-,29-26-,32-31-,35-34-,48-27-. The lowest BCUT2D eigenvalue weighted by Gasteiger charge is -2.21. The minimum atomic E-state index is -4.94. The molecule has 0 heterocycles. The Bertz CT molecular complexity index is 2370. The molecule has 0 saturated carbocycles. The van der Waals surface area contributed by atoms with Crippen molar-refractivity contribution in [3.05, 3.63) is 134 Å². The van der Waals surface area contributed by atoms with E-state index in [2.05, 4.69) is 154 Å². The average Bonchev–Trinajstić information content (AvgIpc) is 1.12. The molecule has 0 bridgehead atoms. The molecule has 16 nitrogen and oxygen atoms in total. The van der Waals surface area contributed by atoms with Crippen molar-refractivity contribution >= 4 is 33.6 Å². The molecule has 0 fully saturated rings. The topological polar surface area (TPSA) is 231 Å². The van der Waals surface area contributed by atoms with Gasteiger partial charge in [0, 0.05) is 19.3 Å². The van der Waals surface area contributed by atoms with E-state index in [9.17, 15) is 43.5 Å². The summed E-state index contributed by atoms with van der Waals surface area (Å²) in [4.78, 5) is 58.6. The highest BCUT2D eigenvalue weighted by atomic mass is 31.2. The zero-order valence-corrected chi connectivity index (χ0v) is 65.1. The van der Waals surface area contributed by atoms with Crippen LogP contribution in [0, 0.1) is 0 Å². The van der Waals surface area contributed by atoms with Crippen molar-refractivity contribution in [1.29, 1.82) is 0 Å². The Morgan fingerprint density at radius 3 is 0.782 bits per heavy atom. The maximum atomic E-state index is 12.9. The van der Waals surface area contributed by atoms with Gasteiger partial charge in [0.05, 0.1) is 26.4 Å². The summed E-state index contributed by atoms with van der Waals surface area (Å²) < 4.78 is 61.1. The fraction of sp³-hybridized carbons (Fsp3) is 0.699. The van der Waals surface area contributed by atoms with Gasteiger partial charge in [-0.1, -0.05) is 302 Å². The molecule has 0 aliphatic heterocycles. The first kappa shape index (κ1) is 96.7. The largest absolute Gasteiger partial charge is 0.472 e. The maximum absolute atomic E-state index is 12.9. The van der Waals surface area contributed by atoms with Gasteiger partial charge in [-0.2, -0.15) is 0 Å². The fourth-order valence-corrected chi connectivity index (χ4v) is 12.0. The number of unbranched alkanes of at least 4 members (excludes halogenated alkanes) is 29. The highest BCUT2D eigenvalue weighted by Gasteiger charge is 2.29. The number of ether oxygens (including phenoxy) is 3. The van der Waals surface area contributed by atoms with Gasteiger partial charge in [-0.3, -0.25) is 32.5 Å². The fourth-order valence-electron chi connectivity index (χ4n) is 10.5. The third-order valence-electron chi connectivity index (χ3n) is 16.4. The molecule has 0 rings (SSSR count). The lowest BCUT2D eigenvalue weighted by Crippen LogP contribution is -2.30. The molecule has 0 saturated heterocycles. The molecule has 0 aliphatic carbocycles. The summed E-state index contributed by atoms with van der Waals surface area (Å²) in [6, 6.07) is 0. The molecule has 0 aromatic rings. The monoisotopic (exact) mass is 1460 g/mol. The van der Waals surface area contributed by atoms with E-state index in [-0.39, 0.29) is 19.3 Å². The molecule has 101 heavy (non-hydrogen) atoms. The van der Waals surface area contributed by atoms with Crippen molar-refractivity contribution in [3.8, 4) is 0 Å². The third kappa shape index (κ3) is 76.6. The Hall–Kier alpha value is -4.31. The number of hydrogen-bond donors (Lipinski definition) is 4. The van der Waals surface area contributed by atoms with Gasteiger partial charge in [-0.15, -0.1) is 0 Å². The van der Waals surface area contributed by atoms with Gasteiger partial charge in [0.25, 0.3) is 0 Å². The SMILES string of the molecule is CC/C=C\C/C=C\C/C=C\C/C=C\C/C=C\CCCCCCCCCCCCCCCCCCCC(=O)OCC(O)COP(=O)(O)OCC(O)COP(=O)(O)OCC(COC(=O)CCCCCCCCC/C=C\C/C=C\C/C=C\CC)OC(=O)CCCCCCC/C=C\C/C=C\C/C=C\CC. The predicted molar refractivity (Wildman–Crippen MR) is 417 cm³/mol. The quantitative estimate of drug-likeness (QED) is 0.0146. The third-order valence-corrected chi connectivity index (χ3v) is 18.3. The number of allylic oxidation sites excluding steroid dienone is 22. The Morgan fingerprint density at radius 1 is 0.277 bits per heavy atom. The molecular formula is C83H142O16P2. The van der Waals surface area contributed by atoms with E-state index in [1.165, 1.54) is 89.9 Å². The van der Waals surface area contributed by atoms with E-state index in [4.69, 9.17) is 32.3 Å². The second-order valence-corrected chi connectivity index (χ2v) is 29.0. The average molecular weight is 1460 g/mol. The molecule has 18 heteroatoms. The summed E-state index contributed by atoms with van der Waals surface area (Å²) in [5.41, 5.74) is 0. The summed E-state index contributed by atoms with van der Waals surface area (Å²) in [6.45, 7) is 2.32. The number of phosphoric acid groups is 2. The van der Waals surface area contributed by atoms with E-state index in [0.29, 0.717) is 19.3 Å². The summed E-state index contributed by atoms with van der Waals surface area (Å²) in [5.74, 6) is -1.60. The molecule has 0 aromatic carbocycles. The summed E-state index contributed by atoms with van der Waals surface area (Å²) in [7, 11) is -9.79. The summed E-state index contributed by atoms with van der Waals surface area (Å²) in [6.07, 6.45) is 90.9. The van der Waals surface area contributed by atoms with E-state index in [0.717, 1.165) is 167 Å². The first-order valence-corrected chi connectivity index (χ1v) is 42.5. The molecule has 0 aromatic heterocycles. The van der Waals surface area contributed by atoms with E-state index < -0.39 is 91.5 Å². The van der Waals surface area contributed by atoms with E-state index in [1.807, 2.05) is 0 Å². The normalized spacial score (nSPS) is 14.7. The second kappa shape index (κ2) is 75.4. The van der Waals surface area contributed by atoms with Crippen LogP contribution in [0.1, 0.15) is 316 Å². The molecule has 4 N–H and O–H groups in total. The van der Waals surface area contributed by atoms with E-state index >= 15 is 0 Å². The Morgan fingerprint density at radius 2 is 0.495 bits per heavy atom. The molecule has 580 valence electrons. The predicted octanol–water partition coefficient (Wildman–Crippen LogP) is 23.1. The maximum Gasteiger partial charge on any atom is 0.472 e. The van der Waals surface area contributed by atoms with Crippen molar-refractivity contribution in [3.63, 3.8) is 0 Å². The van der Waals surface area contributed by atoms with Crippen LogP contribution in [-0.4, -0.2) is 95.9 Å². The van der Waals surface area contributed by atoms with Gasteiger partial charge in [-0.05, 0) is 128 Å². The molecule has 0 radical (unpaired) electrons. The van der Waals surface area contributed by atoms with Crippen molar-refractivity contribution < 1.29 is 75.8 Å². The minimum Gasteiger partial charge on any atom is -0.463 e. The van der Waals surface area contributed by atoms with Crippen molar-refractivity contribution in [2.75, 3.05) is 39.6 Å². The number of phosphoric ester groups is 2. The van der Waals surface area contributed by atoms with Gasteiger partial charge in [0.15, 0.2) is 6.10 Å². The lowest BCUT2D eigenvalue weighted by molar-refractivity contribution is -0.161. The molecule has 0 spiro atoms. The van der Waals surface area contributed by atoms with Crippen molar-refractivity contribution in [2.45, 2.75) is 334 Å². The zero-order chi connectivity index (χ0) is 73.7. The van der Waals surface area contributed by atoms with Gasteiger partial charge < -0.3 is 34.2 Å². The molecule has 0 amide bonds. The Labute approximate surface area is 614 Å². The van der Waals surface area contributed by atoms with Crippen LogP contribution in [-0.2, 0) is 55.8 Å². The Balaban J connectivity index is 4.42. The number of hydrogen-bond acceptors (Lipinski definition) is 14. The van der Waals surface area contributed by atoms with Gasteiger partial charge in [-0.25, -0.2) is 9.13 Å². The first-order chi connectivity index (χ1) is 49.2. The minimum absolute atomic E-state index is 0.0809. The molecule has 5 atom stereocenters. The molecule has 0 aliphatic rings. The first-order valence-electron chi connectivity index (χ1n) is 39.5. The van der Waals surface area contributed by atoms with Crippen molar-refractivity contribution in [1.82, 2.24) is 0 Å². The highest BCUT2D eigenvalue weighted by Crippen LogP contribution is 2.45. The van der Waals surface area contributed by atoms with Crippen LogP contribution < -0.4 is 0 Å². The summed E-state index contributed by atoms with van der Waals surface area (Å²) >= 11 is 0. The van der Waals surface area contributed by atoms with Crippen LogP contribution in [0.25, 0.3) is 0 Å². The van der Waals surface area contributed by atoms with Crippen molar-refractivity contribution in [2.24, 2.45) is 0 Å². The lowest BCUT2D eigenvalue weighted by atomic mass is 10.0. The van der Waals surface area contributed by atoms with Crippen LogP contribution in [0.5, 0.6) is 0 Å². The van der Waals surface area contributed by atoms with Crippen LogP contribution in [0.2, 0.25) is 0 Å². The van der Waals surface area contributed by atoms with Gasteiger partial charge in [0.2, 0.25) is 0 Å². The number of esters is 3. The number of rotatable bonds is 74. The van der Waals surface area contributed by atoms with Crippen LogP contribution in [0.4, 0.5) is 0 Å². The highest BCUT2D eigenvalue weighted by molar-refractivity contribution is 7.47. The number of aliphatic hydroxyl groups is 2. The van der Waals surface area contributed by atoms with Crippen LogP contribution >= 0.6 is 15.6 Å². The smallest absolute Gasteiger partial charge is 0.463 e. The second-order valence-electron chi connectivity index (χ2n) is 26.1. The number of carbonyl (C=O) groups is 3. The molecular weight excluding hydrogens is 1310 g/mol. The van der Waals surface area contributed by atoms with E-state index in [1.54, 1.807) is 0 Å². The zero-order valence-electron chi connectivity index (χ0n) is 63.3. The van der Waals surface area contributed by atoms with Gasteiger partial charge >= 0.3 is 33.6 Å². The Kier molecular flexibility index (Phi) is 72.2. The summed E-state index contributed by atoms with van der Waals surface area (Å²) in [5, 5.41) is 20.6. The molecule has 5 unspecified atom stereocenters. The van der Waals surface area contributed by atoms with Crippen LogP contribution in [0.15, 0.2) is 134 Å². The van der Waals surface area contributed by atoms with Gasteiger partial charge in [0.1, 0.15) is 25.4 Å². The van der Waals surface area contributed by atoms with Crippen LogP contribution in [0.3, 0.4) is 0 Å². The number of carbonyl (C=O) groups excluding carboxylic acids is 3. The number of aliphatic hydroxyl groups excluding tert-OH is 2.